The smallest absolute Gasteiger partial charge is 0.221 e. The lowest BCUT2D eigenvalue weighted by Crippen LogP contribution is -2.31. The van der Waals surface area contributed by atoms with Crippen LogP contribution in [0.5, 0.6) is 0 Å². The molecule has 4 heteroatoms. The predicted molar refractivity (Wildman–Crippen MR) is 83.8 cm³/mol. The summed E-state index contributed by atoms with van der Waals surface area (Å²) in [4.78, 5) is 16.6. The van der Waals surface area contributed by atoms with E-state index in [1.165, 1.54) is 5.56 Å². The van der Waals surface area contributed by atoms with Crippen molar-refractivity contribution in [2.75, 3.05) is 0 Å². The number of hydrogen-bond donors (Lipinski definition) is 1. The number of carbonyl (C=O) groups is 1. The minimum atomic E-state index is -0.212. The van der Waals surface area contributed by atoms with Crippen molar-refractivity contribution < 1.29 is 4.79 Å². The summed E-state index contributed by atoms with van der Waals surface area (Å²) in [6.45, 7) is 6.14. The van der Waals surface area contributed by atoms with Gasteiger partial charge in [-0.15, -0.1) is 0 Å². The Hall–Kier alpha value is -2.10. The Balaban J connectivity index is 2.31. The third-order valence-corrected chi connectivity index (χ3v) is 3.39. The van der Waals surface area contributed by atoms with Gasteiger partial charge >= 0.3 is 0 Å². The number of aryl methyl sites for hydroxylation is 2. The fourth-order valence-corrected chi connectivity index (χ4v) is 2.39. The van der Waals surface area contributed by atoms with Crippen molar-refractivity contribution in [3.8, 4) is 0 Å². The zero-order valence-electron chi connectivity index (χ0n) is 13.1. The largest absolute Gasteiger partial charge is 0.342 e. The molecule has 0 aliphatic carbocycles. The lowest BCUT2D eigenvalue weighted by atomic mass is 10.0. The summed E-state index contributed by atoms with van der Waals surface area (Å²) in [5, 5.41) is 3.11. The van der Waals surface area contributed by atoms with E-state index in [4.69, 9.17) is 0 Å². The van der Waals surface area contributed by atoms with Crippen LogP contribution >= 0.6 is 0 Å². The number of nitrogens with zero attached hydrogens (tertiary/aromatic N) is 2. The molecule has 1 amide bonds. The van der Waals surface area contributed by atoms with Gasteiger partial charge in [-0.05, 0) is 18.4 Å². The van der Waals surface area contributed by atoms with Crippen LogP contribution in [0.25, 0.3) is 0 Å². The Labute approximate surface area is 126 Å². The summed E-state index contributed by atoms with van der Waals surface area (Å²) in [5.41, 5.74) is 2.23. The molecule has 21 heavy (non-hydrogen) atoms. The second-order valence-electron chi connectivity index (χ2n) is 5.91. The molecule has 0 spiro atoms. The quantitative estimate of drug-likeness (QED) is 0.918. The van der Waals surface area contributed by atoms with Gasteiger partial charge in [0.15, 0.2) is 0 Å². The van der Waals surface area contributed by atoms with Crippen molar-refractivity contribution in [3.05, 3.63) is 53.6 Å². The van der Waals surface area contributed by atoms with Crippen LogP contribution in [0.2, 0.25) is 0 Å². The molecule has 1 N–H and O–H groups in total. The highest BCUT2D eigenvalue weighted by molar-refractivity contribution is 5.77. The van der Waals surface area contributed by atoms with Gasteiger partial charge in [-0.25, -0.2) is 4.98 Å². The van der Waals surface area contributed by atoms with Gasteiger partial charge in [0.25, 0.3) is 0 Å². The first-order valence-corrected chi connectivity index (χ1v) is 7.30. The van der Waals surface area contributed by atoms with Gasteiger partial charge in [0.2, 0.25) is 5.91 Å². The van der Waals surface area contributed by atoms with E-state index in [0.717, 1.165) is 11.4 Å². The van der Waals surface area contributed by atoms with E-state index >= 15 is 0 Å². The highest BCUT2D eigenvalue weighted by atomic mass is 16.1. The SMILES string of the molecule is Cc1cccc(C(NC(=O)CC(C)C)c2nccn2C)c1. The molecular weight excluding hydrogens is 262 g/mol. The molecule has 1 aromatic carbocycles. The average Bonchev–Trinajstić information content (AvgIpc) is 2.81. The Kier molecular flexibility index (Phi) is 4.78. The summed E-state index contributed by atoms with van der Waals surface area (Å²) in [6.07, 6.45) is 4.17. The van der Waals surface area contributed by atoms with Gasteiger partial charge in [0, 0.05) is 25.9 Å². The first-order valence-electron chi connectivity index (χ1n) is 7.30. The molecule has 1 aromatic heterocycles. The normalized spacial score (nSPS) is 12.4. The molecule has 112 valence electrons. The lowest BCUT2D eigenvalue weighted by molar-refractivity contribution is -0.122. The summed E-state index contributed by atoms with van der Waals surface area (Å²) in [7, 11) is 1.94. The van der Waals surface area contributed by atoms with E-state index in [2.05, 4.69) is 29.4 Å². The predicted octanol–water partition coefficient (Wildman–Crippen LogP) is 2.98. The van der Waals surface area contributed by atoms with Gasteiger partial charge in [-0.3, -0.25) is 4.79 Å². The van der Waals surface area contributed by atoms with Crippen LogP contribution in [0.15, 0.2) is 36.7 Å². The Morgan fingerprint density at radius 3 is 2.71 bits per heavy atom. The van der Waals surface area contributed by atoms with E-state index in [1.807, 2.05) is 43.8 Å². The molecule has 0 saturated carbocycles. The lowest BCUT2D eigenvalue weighted by Gasteiger charge is -2.20. The van der Waals surface area contributed by atoms with Crippen molar-refractivity contribution in [2.45, 2.75) is 33.2 Å². The van der Waals surface area contributed by atoms with Crippen molar-refractivity contribution in [3.63, 3.8) is 0 Å². The van der Waals surface area contributed by atoms with Crippen LogP contribution in [-0.4, -0.2) is 15.5 Å². The summed E-state index contributed by atoms with van der Waals surface area (Å²) >= 11 is 0. The minimum Gasteiger partial charge on any atom is -0.342 e. The first kappa shape index (κ1) is 15.3. The molecule has 0 saturated heterocycles. The Morgan fingerprint density at radius 2 is 2.14 bits per heavy atom. The average molecular weight is 285 g/mol. The van der Waals surface area contributed by atoms with Crippen molar-refractivity contribution in [1.82, 2.24) is 14.9 Å². The summed E-state index contributed by atoms with van der Waals surface area (Å²) < 4.78 is 1.95. The molecule has 2 rings (SSSR count). The number of hydrogen-bond acceptors (Lipinski definition) is 2. The second kappa shape index (κ2) is 6.57. The molecule has 1 atom stereocenters. The number of amides is 1. The Bertz CT molecular complexity index is 616. The molecule has 0 aliphatic heterocycles. The van der Waals surface area contributed by atoms with Gasteiger partial charge in [0.05, 0.1) is 0 Å². The molecule has 4 nitrogen and oxygen atoms in total. The molecule has 0 aliphatic rings. The molecule has 0 radical (unpaired) electrons. The van der Waals surface area contributed by atoms with E-state index in [1.54, 1.807) is 6.20 Å². The third kappa shape index (κ3) is 3.94. The minimum absolute atomic E-state index is 0.0551. The number of benzene rings is 1. The number of carbonyl (C=O) groups excluding carboxylic acids is 1. The third-order valence-electron chi connectivity index (χ3n) is 3.39. The van der Waals surface area contributed by atoms with Crippen LogP contribution in [-0.2, 0) is 11.8 Å². The van der Waals surface area contributed by atoms with Gasteiger partial charge in [-0.1, -0.05) is 43.7 Å². The highest BCUT2D eigenvalue weighted by Gasteiger charge is 2.21. The van der Waals surface area contributed by atoms with E-state index in [0.29, 0.717) is 12.3 Å². The Morgan fingerprint density at radius 1 is 1.38 bits per heavy atom. The van der Waals surface area contributed by atoms with E-state index < -0.39 is 0 Å². The molecule has 0 fully saturated rings. The van der Waals surface area contributed by atoms with E-state index in [9.17, 15) is 4.79 Å². The monoisotopic (exact) mass is 285 g/mol. The number of imidazole rings is 1. The zero-order chi connectivity index (χ0) is 15.4. The van der Waals surface area contributed by atoms with Crippen LogP contribution in [0.1, 0.15) is 43.3 Å². The first-order chi connectivity index (χ1) is 9.97. The molecule has 1 heterocycles. The molecule has 2 aromatic rings. The maximum absolute atomic E-state index is 12.2. The fraction of sp³-hybridized carbons (Fsp3) is 0.412. The molecule has 1 unspecified atom stereocenters. The van der Waals surface area contributed by atoms with Gasteiger partial charge < -0.3 is 9.88 Å². The van der Waals surface area contributed by atoms with Crippen LogP contribution in [0.4, 0.5) is 0 Å². The van der Waals surface area contributed by atoms with Crippen molar-refractivity contribution in [1.29, 1.82) is 0 Å². The van der Waals surface area contributed by atoms with Crippen molar-refractivity contribution in [2.24, 2.45) is 13.0 Å². The van der Waals surface area contributed by atoms with Gasteiger partial charge in [0.1, 0.15) is 11.9 Å². The fourth-order valence-electron chi connectivity index (χ4n) is 2.39. The van der Waals surface area contributed by atoms with Crippen LogP contribution < -0.4 is 5.32 Å². The van der Waals surface area contributed by atoms with Crippen LogP contribution in [0, 0.1) is 12.8 Å². The van der Waals surface area contributed by atoms with E-state index in [-0.39, 0.29) is 11.9 Å². The summed E-state index contributed by atoms with van der Waals surface area (Å²) in [5.74, 6) is 1.24. The molecule has 0 bridgehead atoms. The maximum atomic E-state index is 12.2. The second-order valence-corrected chi connectivity index (χ2v) is 5.91. The summed E-state index contributed by atoms with van der Waals surface area (Å²) in [6, 6.07) is 7.97. The maximum Gasteiger partial charge on any atom is 0.221 e. The zero-order valence-corrected chi connectivity index (χ0v) is 13.1. The number of rotatable bonds is 5. The number of nitrogens with one attached hydrogen (secondary N) is 1. The van der Waals surface area contributed by atoms with Crippen LogP contribution in [0.3, 0.4) is 0 Å². The highest BCUT2D eigenvalue weighted by Crippen LogP contribution is 2.21. The topological polar surface area (TPSA) is 46.9 Å². The van der Waals surface area contributed by atoms with Crippen molar-refractivity contribution >= 4 is 5.91 Å². The molecular formula is C17H23N3O. The van der Waals surface area contributed by atoms with Gasteiger partial charge in [-0.2, -0.15) is 0 Å². The number of aromatic nitrogens is 2. The standard InChI is InChI=1S/C17H23N3O/c1-12(2)10-15(21)19-16(17-18-8-9-20(17)4)14-7-5-6-13(3)11-14/h5-9,11-12,16H,10H2,1-4H3,(H,19,21).